The highest BCUT2D eigenvalue weighted by molar-refractivity contribution is 7.91. The minimum Gasteiger partial charge on any atom is -0.334 e. The molecular formula is C17H19ClN4O4S2. The molecule has 0 atom stereocenters. The van der Waals surface area contributed by atoms with Crippen LogP contribution in [-0.4, -0.2) is 44.8 Å². The van der Waals surface area contributed by atoms with Gasteiger partial charge in [0, 0.05) is 25.0 Å². The molecule has 0 radical (unpaired) electrons. The number of hydrogen-bond donors (Lipinski definition) is 3. The number of nitrogens with one attached hydrogen (secondary N) is 3. The zero-order valence-corrected chi connectivity index (χ0v) is 17.3. The molecule has 2 aromatic rings. The van der Waals surface area contributed by atoms with E-state index in [9.17, 15) is 18.0 Å². The second-order valence-corrected chi connectivity index (χ2v) is 9.56. The van der Waals surface area contributed by atoms with Gasteiger partial charge in [0.05, 0.1) is 10.9 Å². The maximum Gasteiger partial charge on any atom is 0.319 e. The van der Waals surface area contributed by atoms with Crippen LogP contribution >= 0.6 is 22.9 Å². The SMILES string of the molecule is C=CCNC(=O)Nc1ccc(NC(=O)CN(C)S(=O)(=O)c2ccc(Cl)s2)cc1. The number of halogens is 1. The summed E-state index contributed by atoms with van der Waals surface area (Å²) in [5.41, 5.74) is 1.00. The standard InChI is InChI=1S/C17H19ClN4O4S2/c1-3-10-19-17(24)21-13-6-4-12(5-7-13)20-15(23)11-22(2)28(25,26)16-9-8-14(18)27-16/h3-9H,1,10-11H2,2H3,(H,20,23)(H2,19,21,24). The van der Waals surface area contributed by atoms with Gasteiger partial charge in [0.1, 0.15) is 4.21 Å². The van der Waals surface area contributed by atoms with Gasteiger partial charge in [-0.3, -0.25) is 4.79 Å². The predicted molar refractivity (Wildman–Crippen MR) is 111 cm³/mol. The van der Waals surface area contributed by atoms with Crippen LogP contribution in [0.2, 0.25) is 4.34 Å². The molecule has 8 nitrogen and oxygen atoms in total. The number of anilines is 2. The molecule has 3 N–H and O–H groups in total. The van der Waals surface area contributed by atoms with Crippen LogP contribution in [0.4, 0.5) is 16.2 Å². The number of carbonyl (C=O) groups is 2. The number of sulfonamides is 1. The van der Waals surface area contributed by atoms with Gasteiger partial charge in [-0.25, -0.2) is 13.2 Å². The van der Waals surface area contributed by atoms with Gasteiger partial charge < -0.3 is 16.0 Å². The molecule has 0 aliphatic heterocycles. The summed E-state index contributed by atoms with van der Waals surface area (Å²) >= 11 is 6.70. The highest BCUT2D eigenvalue weighted by Crippen LogP contribution is 2.27. The van der Waals surface area contributed by atoms with Gasteiger partial charge in [-0.2, -0.15) is 4.31 Å². The Bertz CT molecular complexity index is 958. The molecule has 11 heteroatoms. The first-order chi connectivity index (χ1) is 13.2. The Balaban J connectivity index is 1.92. The van der Waals surface area contributed by atoms with E-state index in [2.05, 4.69) is 22.5 Å². The van der Waals surface area contributed by atoms with Crippen LogP contribution < -0.4 is 16.0 Å². The predicted octanol–water partition coefficient (Wildman–Crippen LogP) is 2.97. The monoisotopic (exact) mass is 442 g/mol. The number of rotatable bonds is 8. The lowest BCUT2D eigenvalue weighted by molar-refractivity contribution is -0.116. The van der Waals surface area contributed by atoms with Crippen LogP contribution in [-0.2, 0) is 14.8 Å². The Morgan fingerprint density at radius 2 is 1.75 bits per heavy atom. The van der Waals surface area contributed by atoms with E-state index in [1.54, 1.807) is 30.3 Å². The fourth-order valence-electron chi connectivity index (χ4n) is 2.05. The average Bonchev–Trinajstić information content (AvgIpc) is 3.08. The van der Waals surface area contributed by atoms with E-state index in [4.69, 9.17) is 11.6 Å². The summed E-state index contributed by atoms with van der Waals surface area (Å²) in [5.74, 6) is -0.502. The minimum atomic E-state index is -3.79. The van der Waals surface area contributed by atoms with Crippen molar-refractivity contribution < 1.29 is 18.0 Å². The van der Waals surface area contributed by atoms with Gasteiger partial charge in [-0.15, -0.1) is 17.9 Å². The number of thiophene rings is 1. The van der Waals surface area contributed by atoms with E-state index in [1.807, 2.05) is 0 Å². The largest absolute Gasteiger partial charge is 0.334 e. The van der Waals surface area contributed by atoms with Crippen LogP contribution in [0.15, 0.2) is 53.3 Å². The van der Waals surface area contributed by atoms with Crippen molar-refractivity contribution in [1.29, 1.82) is 0 Å². The van der Waals surface area contributed by atoms with Crippen molar-refractivity contribution in [3.63, 3.8) is 0 Å². The number of benzene rings is 1. The lowest BCUT2D eigenvalue weighted by atomic mass is 10.3. The van der Waals surface area contributed by atoms with Crippen LogP contribution in [0, 0.1) is 0 Å². The van der Waals surface area contributed by atoms with Crippen molar-refractivity contribution in [2.24, 2.45) is 0 Å². The Morgan fingerprint density at radius 3 is 2.29 bits per heavy atom. The van der Waals surface area contributed by atoms with E-state index in [0.717, 1.165) is 15.6 Å². The van der Waals surface area contributed by atoms with E-state index in [0.29, 0.717) is 22.3 Å². The summed E-state index contributed by atoms with van der Waals surface area (Å²) in [7, 11) is -2.47. The highest BCUT2D eigenvalue weighted by atomic mass is 35.5. The number of amides is 3. The third-order valence-electron chi connectivity index (χ3n) is 3.41. The molecule has 28 heavy (non-hydrogen) atoms. The van der Waals surface area contributed by atoms with Crippen molar-refractivity contribution in [2.75, 3.05) is 30.8 Å². The van der Waals surface area contributed by atoms with Crippen LogP contribution in [0.5, 0.6) is 0 Å². The van der Waals surface area contributed by atoms with Gasteiger partial charge in [0.25, 0.3) is 10.0 Å². The number of hydrogen-bond acceptors (Lipinski definition) is 5. The first kappa shape index (κ1) is 21.9. The zero-order valence-electron chi connectivity index (χ0n) is 14.9. The average molecular weight is 443 g/mol. The van der Waals surface area contributed by atoms with Crippen molar-refractivity contribution in [3.05, 3.63) is 53.4 Å². The molecule has 0 saturated heterocycles. The lowest BCUT2D eigenvalue weighted by Crippen LogP contribution is -2.34. The summed E-state index contributed by atoms with van der Waals surface area (Å²) in [6, 6.07) is 8.91. The van der Waals surface area contributed by atoms with Crippen molar-refractivity contribution in [3.8, 4) is 0 Å². The Labute approximate surface area is 172 Å². The molecule has 150 valence electrons. The molecule has 0 spiro atoms. The quantitative estimate of drug-likeness (QED) is 0.546. The summed E-state index contributed by atoms with van der Waals surface area (Å²) in [6.07, 6.45) is 1.56. The van der Waals surface area contributed by atoms with Crippen LogP contribution in [0.25, 0.3) is 0 Å². The smallest absolute Gasteiger partial charge is 0.319 e. The van der Waals surface area contributed by atoms with Crippen LogP contribution in [0.3, 0.4) is 0 Å². The molecule has 0 bridgehead atoms. The summed E-state index contributed by atoms with van der Waals surface area (Å²) in [4.78, 5) is 23.7. The fraction of sp³-hybridized carbons (Fsp3) is 0.176. The third-order valence-corrected chi connectivity index (χ3v) is 6.91. The van der Waals surface area contributed by atoms with E-state index in [-0.39, 0.29) is 16.8 Å². The Kier molecular flexibility index (Phi) is 7.58. The lowest BCUT2D eigenvalue weighted by Gasteiger charge is -2.15. The second-order valence-electron chi connectivity index (χ2n) is 5.57. The van der Waals surface area contributed by atoms with Gasteiger partial charge in [0.15, 0.2) is 0 Å². The molecule has 0 aliphatic rings. The zero-order chi connectivity index (χ0) is 20.7. The molecule has 0 aliphatic carbocycles. The first-order valence-corrected chi connectivity index (χ1v) is 10.6. The molecule has 2 rings (SSSR count). The number of urea groups is 1. The first-order valence-electron chi connectivity index (χ1n) is 7.99. The second kappa shape index (κ2) is 9.69. The van der Waals surface area contributed by atoms with Gasteiger partial charge in [0.2, 0.25) is 5.91 Å². The van der Waals surface area contributed by atoms with Crippen molar-refractivity contribution in [2.45, 2.75) is 4.21 Å². The number of nitrogens with zero attached hydrogens (tertiary/aromatic N) is 1. The summed E-state index contributed by atoms with van der Waals surface area (Å²) in [6.45, 7) is 3.49. The maximum absolute atomic E-state index is 12.4. The number of likely N-dealkylation sites (N-methyl/N-ethyl adjacent to an activating group) is 1. The van der Waals surface area contributed by atoms with Gasteiger partial charge in [-0.05, 0) is 36.4 Å². The summed E-state index contributed by atoms with van der Waals surface area (Å²) < 4.78 is 26.2. The minimum absolute atomic E-state index is 0.0676. The third kappa shape index (κ3) is 6.06. The van der Waals surface area contributed by atoms with E-state index in [1.165, 1.54) is 19.2 Å². The highest BCUT2D eigenvalue weighted by Gasteiger charge is 2.24. The number of carbonyl (C=O) groups excluding carboxylic acids is 2. The topological polar surface area (TPSA) is 108 Å². The van der Waals surface area contributed by atoms with Gasteiger partial charge in [-0.1, -0.05) is 17.7 Å². The normalized spacial score (nSPS) is 11.1. The van der Waals surface area contributed by atoms with Gasteiger partial charge >= 0.3 is 6.03 Å². The van der Waals surface area contributed by atoms with Crippen molar-refractivity contribution >= 4 is 56.3 Å². The summed E-state index contributed by atoms with van der Waals surface area (Å²) in [5, 5.41) is 7.80. The molecule has 0 unspecified atom stereocenters. The maximum atomic E-state index is 12.4. The van der Waals surface area contributed by atoms with E-state index >= 15 is 0 Å². The molecule has 1 heterocycles. The molecular weight excluding hydrogens is 424 g/mol. The fourth-order valence-corrected chi connectivity index (χ4v) is 4.88. The Hall–Kier alpha value is -2.40. The molecule has 1 aromatic heterocycles. The van der Waals surface area contributed by atoms with Crippen molar-refractivity contribution in [1.82, 2.24) is 9.62 Å². The molecule has 1 aromatic carbocycles. The Morgan fingerprint density at radius 1 is 1.14 bits per heavy atom. The van der Waals surface area contributed by atoms with E-state index < -0.39 is 15.9 Å². The molecule has 0 fully saturated rings. The molecule has 0 saturated carbocycles. The van der Waals surface area contributed by atoms with Crippen LogP contribution in [0.1, 0.15) is 0 Å². The molecule has 3 amide bonds.